The van der Waals surface area contributed by atoms with Gasteiger partial charge < -0.3 is 5.32 Å². The molecule has 0 aliphatic carbocycles. The van der Waals surface area contributed by atoms with Gasteiger partial charge in [-0.3, -0.25) is 14.5 Å². The third kappa shape index (κ3) is 5.42. The Balaban J connectivity index is 1.55. The lowest BCUT2D eigenvalue weighted by Crippen LogP contribution is -2.29. The Morgan fingerprint density at radius 2 is 1.76 bits per heavy atom. The Kier molecular flexibility index (Phi) is 6.77. The van der Waals surface area contributed by atoms with Crippen LogP contribution in [-0.2, 0) is 10.0 Å². The van der Waals surface area contributed by atoms with Crippen molar-refractivity contribution in [2.24, 2.45) is 4.99 Å². The molecular weight excluding hydrogens is 456 g/mol. The number of hydrogen-bond donors (Lipinski definition) is 2. The van der Waals surface area contributed by atoms with E-state index in [0.717, 1.165) is 11.3 Å². The number of nitrogens with zero attached hydrogens (tertiary/aromatic N) is 2. The summed E-state index contributed by atoms with van der Waals surface area (Å²) < 4.78 is 27.9. The first-order valence-electron chi connectivity index (χ1n) is 10.2. The number of sulfonamides is 1. The molecule has 4 rings (SSSR count). The molecule has 166 valence electrons. The fourth-order valence-corrected chi connectivity index (χ4v) is 5.45. The minimum absolute atomic E-state index is 0.0421. The molecular formula is C24H20N4O3S2. The topological polar surface area (TPSA) is 111 Å². The third-order valence-corrected chi connectivity index (χ3v) is 7.42. The molecule has 7 nitrogen and oxygen atoms in total. The van der Waals surface area contributed by atoms with Gasteiger partial charge in [0.05, 0.1) is 16.0 Å². The molecule has 0 atom stereocenters. The van der Waals surface area contributed by atoms with Gasteiger partial charge in [0.1, 0.15) is 11.9 Å². The summed E-state index contributed by atoms with van der Waals surface area (Å²) in [5, 5.41) is 12.1. The normalized spacial score (nSPS) is 13.1. The van der Waals surface area contributed by atoms with Crippen molar-refractivity contribution < 1.29 is 13.2 Å². The first kappa shape index (κ1) is 22.6. The predicted octanol–water partition coefficient (Wildman–Crippen LogP) is 4.43. The van der Waals surface area contributed by atoms with Crippen LogP contribution < -0.4 is 10.0 Å². The molecule has 0 saturated carbocycles. The standard InChI is InChI=1S/C24H20N4O3S2/c25-16-17-7-1-3-11-21(17)32-22-12-4-2-10-20(22)24(29)27-18-8-5-9-19(15-18)33(30,31)28-23-13-6-14-26-23/h1-5,7-12,15H,6,13-14H2,(H,26,28)(H,27,29). The van der Waals surface area contributed by atoms with Gasteiger partial charge in [-0.05, 0) is 48.9 Å². The van der Waals surface area contributed by atoms with Gasteiger partial charge in [0.2, 0.25) is 0 Å². The minimum atomic E-state index is -3.79. The van der Waals surface area contributed by atoms with E-state index in [-0.39, 0.29) is 10.8 Å². The number of amidine groups is 1. The van der Waals surface area contributed by atoms with Crippen molar-refractivity contribution in [1.82, 2.24) is 4.72 Å². The second-order valence-corrected chi connectivity index (χ2v) is 9.99. The minimum Gasteiger partial charge on any atom is -0.322 e. The van der Waals surface area contributed by atoms with E-state index in [1.807, 2.05) is 18.2 Å². The van der Waals surface area contributed by atoms with Crippen LogP contribution in [0.5, 0.6) is 0 Å². The maximum absolute atomic E-state index is 13.0. The van der Waals surface area contributed by atoms with E-state index in [2.05, 4.69) is 21.1 Å². The van der Waals surface area contributed by atoms with Crippen molar-refractivity contribution in [1.29, 1.82) is 5.26 Å². The molecule has 0 spiro atoms. The maximum Gasteiger partial charge on any atom is 0.262 e. The monoisotopic (exact) mass is 476 g/mol. The lowest BCUT2D eigenvalue weighted by molar-refractivity contribution is 0.102. The summed E-state index contributed by atoms with van der Waals surface area (Å²) in [5.74, 6) is 0.0725. The molecule has 0 radical (unpaired) electrons. The van der Waals surface area contributed by atoms with E-state index >= 15 is 0 Å². The second-order valence-electron chi connectivity index (χ2n) is 7.23. The van der Waals surface area contributed by atoms with Crippen LogP contribution in [0, 0.1) is 11.3 Å². The summed E-state index contributed by atoms with van der Waals surface area (Å²) in [4.78, 5) is 18.7. The molecule has 1 aliphatic rings. The quantitative estimate of drug-likeness (QED) is 0.547. The van der Waals surface area contributed by atoms with Gasteiger partial charge in [-0.1, -0.05) is 42.1 Å². The van der Waals surface area contributed by atoms with Crippen LogP contribution in [0.25, 0.3) is 0 Å². The number of nitriles is 1. The van der Waals surface area contributed by atoms with Crippen LogP contribution in [-0.4, -0.2) is 26.7 Å². The van der Waals surface area contributed by atoms with Crippen LogP contribution in [0.4, 0.5) is 5.69 Å². The van der Waals surface area contributed by atoms with Crippen molar-refractivity contribution >= 4 is 39.2 Å². The van der Waals surface area contributed by atoms with Crippen molar-refractivity contribution in [3.05, 3.63) is 83.9 Å². The Morgan fingerprint density at radius 1 is 1.00 bits per heavy atom. The third-order valence-electron chi connectivity index (χ3n) is 4.89. The van der Waals surface area contributed by atoms with E-state index in [0.29, 0.717) is 40.5 Å². The first-order valence-corrected chi connectivity index (χ1v) is 12.5. The highest BCUT2D eigenvalue weighted by Gasteiger charge is 2.19. The number of anilines is 1. The summed E-state index contributed by atoms with van der Waals surface area (Å²) in [6.45, 7) is 0.615. The largest absolute Gasteiger partial charge is 0.322 e. The van der Waals surface area contributed by atoms with Gasteiger partial charge in [0, 0.05) is 28.4 Å². The fraction of sp³-hybridized carbons (Fsp3) is 0.125. The number of rotatable bonds is 6. The van der Waals surface area contributed by atoms with E-state index < -0.39 is 10.0 Å². The van der Waals surface area contributed by atoms with Crippen LogP contribution in [0.3, 0.4) is 0 Å². The second kappa shape index (κ2) is 9.90. The Labute approximate surface area is 196 Å². The Hall–Kier alpha value is -3.61. The van der Waals surface area contributed by atoms with Gasteiger partial charge >= 0.3 is 0 Å². The summed E-state index contributed by atoms with van der Waals surface area (Å²) in [6, 6.07) is 22.5. The molecule has 1 aliphatic heterocycles. The highest BCUT2D eigenvalue weighted by molar-refractivity contribution is 7.99. The van der Waals surface area contributed by atoms with Gasteiger partial charge in [-0.15, -0.1) is 0 Å². The van der Waals surface area contributed by atoms with E-state index in [1.54, 1.807) is 42.5 Å². The molecule has 2 N–H and O–H groups in total. The zero-order valence-electron chi connectivity index (χ0n) is 17.5. The van der Waals surface area contributed by atoms with Crippen LogP contribution in [0.2, 0.25) is 0 Å². The smallest absolute Gasteiger partial charge is 0.262 e. The average molecular weight is 477 g/mol. The highest BCUT2D eigenvalue weighted by atomic mass is 32.2. The number of benzene rings is 3. The molecule has 1 amide bonds. The molecule has 33 heavy (non-hydrogen) atoms. The zero-order chi connectivity index (χ0) is 23.3. The molecule has 0 saturated heterocycles. The van der Waals surface area contributed by atoms with Crippen molar-refractivity contribution in [3.8, 4) is 6.07 Å². The van der Waals surface area contributed by atoms with Crippen molar-refractivity contribution in [2.45, 2.75) is 27.5 Å². The molecule has 9 heteroatoms. The van der Waals surface area contributed by atoms with Crippen LogP contribution in [0.1, 0.15) is 28.8 Å². The lowest BCUT2D eigenvalue weighted by Gasteiger charge is -2.12. The number of hydrogen-bond acceptors (Lipinski definition) is 6. The van der Waals surface area contributed by atoms with Crippen molar-refractivity contribution in [2.75, 3.05) is 11.9 Å². The first-order chi connectivity index (χ1) is 16.0. The molecule has 0 unspecified atom stereocenters. The molecule has 0 fully saturated rings. The highest BCUT2D eigenvalue weighted by Crippen LogP contribution is 2.33. The van der Waals surface area contributed by atoms with E-state index in [1.165, 1.54) is 23.9 Å². The number of amides is 1. The maximum atomic E-state index is 13.0. The average Bonchev–Trinajstić information content (AvgIpc) is 3.32. The van der Waals surface area contributed by atoms with Gasteiger partial charge in [0.15, 0.2) is 0 Å². The molecule has 0 bridgehead atoms. The molecule has 1 heterocycles. The lowest BCUT2D eigenvalue weighted by atomic mass is 10.2. The van der Waals surface area contributed by atoms with Gasteiger partial charge in [0.25, 0.3) is 15.9 Å². The van der Waals surface area contributed by atoms with Crippen LogP contribution in [0.15, 0.2) is 92.5 Å². The van der Waals surface area contributed by atoms with E-state index in [9.17, 15) is 18.5 Å². The number of aliphatic imine (C=N–C) groups is 1. The molecule has 3 aromatic carbocycles. The summed E-state index contributed by atoms with van der Waals surface area (Å²) in [6.07, 6.45) is 1.42. The number of nitrogens with one attached hydrogen (secondary N) is 2. The Morgan fingerprint density at radius 3 is 2.52 bits per heavy atom. The summed E-state index contributed by atoms with van der Waals surface area (Å²) >= 11 is 1.33. The predicted molar refractivity (Wildman–Crippen MR) is 128 cm³/mol. The van der Waals surface area contributed by atoms with Gasteiger partial charge in [-0.2, -0.15) is 5.26 Å². The Bertz CT molecular complexity index is 1380. The number of carbonyl (C=O) groups is 1. The summed E-state index contributed by atoms with van der Waals surface area (Å²) in [7, 11) is -3.79. The molecule has 3 aromatic rings. The molecule has 0 aromatic heterocycles. The number of carbonyl (C=O) groups excluding carboxylic acids is 1. The summed E-state index contributed by atoms with van der Waals surface area (Å²) in [5.41, 5.74) is 1.30. The van der Waals surface area contributed by atoms with E-state index in [4.69, 9.17) is 0 Å². The zero-order valence-corrected chi connectivity index (χ0v) is 19.1. The van der Waals surface area contributed by atoms with Gasteiger partial charge in [-0.25, -0.2) is 8.42 Å². The fourth-order valence-electron chi connectivity index (χ4n) is 3.29. The SMILES string of the molecule is N#Cc1ccccc1Sc1ccccc1C(=O)Nc1cccc(S(=O)(=O)NC2=NCCC2)c1. The van der Waals surface area contributed by atoms with Crippen molar-refractivity contribution in [3.63, 3.8) is 0 Å². The van der Waals surface area contributed by atoms with Crippen LogP contribution >= 0.6 is 11.8 Å².